The summed E-state index contributed by atoms with van der Waals surface area (Å²) in [5.41, 5.74) is 2.81. The Bertz CT molecular complexity index is 592. The molecular weight excluding hydrogens is 304 g/mol. The van der Waals surface area contributed by atoms with Crippen molar-refractivity contribution in [3.63, 3.8) is 0 Å². The number of piperidine rings is 1. The van der Waals surface area contributed by atoms with E-state index in [1.54, 1.807) is 4.90 Å². The summed E-state index contributed by atoms with van der Waals surface area (Å²) in [4.78, 5) is 1.73. The van der Waals surface area contributed by atoms with Gasteiger partial charge in [-0.3, -0.25) is 0 Å². The van der Waals surface area contributed by atoms with Gasteiger partial charge in [0, 0.05) is 29.8 Å². The number of nitrogens with one attached hydrogen (secondary N) is 1. The molecule has 0 unspecified atom stereocenters. The highest BCUT2D eigenvalue weighted by molar-refractivity contribution is 6.30. The first-order valence-electron chi connectivity index (χ1n) is 8.75. The summed E-state index contributed by atoms with van der Waals surface area (Å²) in [6, 6.07) is 19.9. The number of nitrogens with two attached hydrogens (primary N) is 1. The maximum Gasteiger partial charge on any atom is 0.103 e. The first-order valence-corrected chi connectivity index (χ1v) is 9.12. The summed E-state index contributed by atoms with van der Waals surface area (Å²) in [7, 11) is 0. The van der Waals surface area contributed by atoms with Crippen molar-refractivity contribution in [2.75, 3.05) is 19.6 Å². The fourth-order valence-electron chi connectivity index (χ4n) is 3.52. The highest BCUT2D eigenvalue weighted by Gasteiger charge is 2.24. The topological polar surface area (TPSA) is 21.1 Å². The first kappa shape index (κ1) is 16.5. The molecule has 23 heavy (non-hydrogen) atoms. The number of rotatable bonds is 6. The second kappa shape index (κ2) is 8.49. The van der Waals surface area contributed by atoms with Gasteiger partial charge in [0.1, 0.15) is 6.54 Å². The van der Waals surface area contributed by atoms with Gasteiger partial charge in [0.15, 0.2) is 0 Å². The van der Waals surface area contributed by atoms with E-state index in [0.717, 1.165) is 17.5 Å². The van der Waals surface area contributed by atoms with Crippen LogP contribution < -0.4 is 10.2 Å². The average Bonchev–Trinajstić information content (AvgIpc) is 2.58. The van der Waals surface area contributed by atoms with Gasteiger partial charge in [0.25, 0.3) is 0 Å². The number of hydrogen-bond donors (Lipinski definition) is 2. The van der Waals surface area contributed by atoms with Gasteiger partial charge in [0.2, 0.25) is 0 Å². The van der Waals surface area contributed by atoms with E-state index in [-0.39, 0.29) is 0 Å². The van der Waals surface area contributed by atoms with Gasteiger partial charge in [0.05, 0.1) is 25.7 Å². The van der Waals surface area contributed by atoms with E-state index in [1.165, 1.54) is 50.1 Å². The van der Waals surface area contributed by atoms with Crippen LogP contribution in [0.15, 0.2) is 54.6 Å². The van der Waals surface area contributed by atoms with Crippen LogP contribution in [-0.4, -0.2) is 25.7 Å². The Kier molecular flexibility index (Phi) is 6.09. The average molecular weight is 331 g/mol. The van der Waals surface area contributed by atoms with Crippen LogP contribution >= 0.6 is 11.6 Å². The molecule has 0 saturated carbocycles. The smallest absolute Gasteiger partial charge is 0.103 e. The van der Waals surface area contributed by atoms with Gasteiger partial charge in [-0.15, -0.1) is 0 Å². The summed E-state index contributed by atoms with van der Waals surface area (Å²) in [6.07, 6.45) is 3.77. The lowest BCUT2D eigenvalue weighted by atomic mass is 10.0. The van der Waals surface area contributed by atoms with Crippen molar-refractivity contribution >= 4 is 11.6 Å². The minimum absolute atomic E-state index is 0.800. The molecule has 0 spiro atoms. The number of likely N-dealkylation sites (tertiary alicyclic amines) is 1. The van der Waals surface area contributed by atoms with Gasteiger partial charge in [-0.2, -0.15) is 0 Å². The lowest BCUT2D eigenvalue weighted by Gasteiger charge is -2.28. The van der Waals surface area contributed by atoms with Crippen molar-refractivity contribution in [1.82, 2.24) is 0 Å². The van der Waals surface area contributed by atoms with Crippen LogP contribution in [0.4, 0.5) is 0 Å². The second-order valence-electron chi connectivity index (χ2n) is 6.65. The Morgan fingerprint density at radius 3 is 2.43 bits per heavy atom. The fraction of sp³-hybridized carbons (Fsp3) is 0.400. The zero-order valence-corrected chi connectivity index (χ0v) is 14.4. The van der Waals surface area contributed by atoms with E-state index in [2.05, 4.69) is 47.8 Å². The molecule has 0 radical (unpaired) electrons. The van der Waals surface area contributed by atoms with Crippen LogP contribution in [0.5, 0.6) is 0 Å². The van der Waals surface area contributed by atoms with Crippen molar-refractivity contribution in [2.24, 2.45) is 0 Å². The minimum atomic E-state index is 0.800. The third-order valence-corrected chi connectivity index (χ3v) is 5.09. The van der Waals surface area contributed by atoms with Gasteiger partial charge < -0.3 is 10.2 Å². The third-order valence-electron chi connectivity index (χ3n) is 4.86. The Hall–Kier alpha value is -1.35. The molecule has 1 fully saturated rings. The molecule has 0 bridgehead atoms. The van der Waals surface area contributed by atoms with Crippen LogP contribution in [0.3, 0.4) is 0 Å². The zero-order chi connectivity index (χ0) is 15.9. The lowest BCUT2D eigenvalue weighted by molar-refractivity contribution is -0.926. The SMILES string of the molecule is Clc1cccc(CC[NH2+]C2CC[NH+](Cc3ccccc3)CC2)c1. The molecule has 0 aliphatic carbocycles. The molecule has 3 rings (SSSR count). The van der Waals surface area contributed by atoms with Gasteiger partial charge in [-0.25, -0.2) is 0 Å². The van der Waals surface area contributed by atoms with Crippen LogP contribution in [-0.2, 0) is 13.0 Å². The molecule has 1 saturated heterocycles. The van der Waals surface area contributed by atoms with Gasteiger partial charge in [-0.1, -0.05) is 54.1 Å². The van der Waals surface area contributed by atoms with Crippen LogP contribution in [0.1, 0.15) is 24.0 Å². The van der Waals surface area contributed by atoms with E-state index < -0.39 is 0 Å². The molecule has 0 atom stereocenters. The molecule has 1 aliphatic heterocycles. The number of hydrogen-bond acceptors (Lipinski definition) is 0. The van der Waals surface area contributed by atoms with E-state index in [4.69, 9.17) is 11.6 Å². The Morgan fingerprint density at radius 1 is 0.957 bits per heavy atom. The quantitative estimate of drug-likeness (QED) is 0.804. The summed E-state index contributed by atoms with van der Waals surface area (Å²) in [6.45, 7) is 4.94. The Balaban J connectivity index is 1.36. The molecule has 122 valence electrons. The normalized spacial score (nSPS) is 21.3. The maximum atomic E-state index is 6.04. The molecule has 0 amide bonds. The number of quaternary nitrogens is 2. The van der Waals surface area contributed by atoms with Crippen LogP contribution in [0.25, 0.3) is 0 Å². The van der Waals surface area contributed by atoms with Crippen molar-refractivity contribution in [3.05, 3.63) is 70.7 Å². The largest absolute Gasteiger partial charge is 0.343 e. The summed E-state index contributed by atoms with van der Waals surface area (Å²) in [5.74, 6) is 0. The van der Waals surface area contributed by atoms with Crippen molar-refractivity contribution in [3.8, 4) is 0 Å². The number of halogens is 1. The molecule has 3 N–H and O–H groups in total. The predicted molar refractivity (Wildman–Crippen MR) is 95.8 cm³/mol. The molecule has 2 nitrogen and oxygen atoms in total. The lowest BCUT2D eigenvalue weighted by Crippen LogP contribution is -3.13. The predicted octanol–water partition coefficient (Wildman–Crippen LogP) is 1.69. The van der Waals surface area contributed by atoms with E-state index in [9.17, 15) is 0 Å². The molecule has 3 heteroatoms. The summed E-state index contributed by atoms with van der Waals surface area (Å²) >= 11 is 6.04. The Labute approximate surface area is 144 Å². The molecule has 1 heterocycles. The third kappa shape index (κ3) is 5.35. The molecular formula is C20H27ClN2+2. The minimum Gasteiger partial charge on any atom is -0.343 e. The van der Waals surface area contributed by atoms with E-state index in [1.807, 2.05) is 12.1 Å². The summed E-state index contributed by atoms with van der Waals surface area (Å²) < 4.78 is 0. The molecule has 2 aromatic carbocycles. The van der Waals surface area contributed by atoms with E-state index in [0.29, 0.717) is 0 Å². The van der Waals surface area contributed by atoms with Crippen molar-refractivity contribution in [1.29, 1.82) is 0 Å². The molecule has 0 aromatic heterocycles. The van der Waals surface area contributed by atoms with Crippen LogP contribution in [0, 0.1) is 0 Å². The zero-order valence-electron chi connectivity index (χ0n) is 13.7. The van der Waals surface area contributed by atoms with E-state index >= 15 is 0 Å². The van der Waals surface area contributed by atoms with Crippen molar-refractivity contribution in [2.45, 2.75) is 31.8 Å². The maximum absolute atomic E-state index is 6.04. The highest BCUT2D eigenvalue weighted by atomic mass is 35.5. The fourth-order valence-corrected chi connectivity index (χ4v) is 3.74. The molecule has 1 aliphatic rings. The van der Waals surface area contributed by atoms with Gasteiger partial charge in [-0.05, 0) is 17.7 Å². The highest BCUT2D eigenvalue weighted by Crippen LogP contribution is 2.10. The van der Waals surface area contributed by atoms with Crippen molar-refractivity contribution < 1.29 is 10.2 Å². The van der Waals surface area contributed by atoms with Crippen LogP contribution in [0.2, 0.25) is 5.02 Å². The summed E-state index contributed by atoms with van der Waals surface area (Å²) in [5, 5.41) is 3.39. The second-order valence-corrected chi connectivity index (χ2v) is 7.09. The Morgan fingerprint density at radius 2 is 1.70 bits per heavy atom. The monoisotopic (exact) mass is 330 g/mol. The first-order chi connectivity index (χ1) is 11.3. The number of benzene rings is 2. The molecule has 2 aromatic rings. The standard InChI is InChI=1S/C20H25ClN2/c21-19-8-4-7-17(15-19)9-12-22-20-10-13-23(14-11-20)16-18-5-2-1-3-6-18/h1-8,15,20,22H,9-14,16H2/p+2. The van der Waals surface area contributed by atoms with Gasteiger partial charge >= 0.3 is 0 Å².